The van der Waals surface area contributed by atoms with E-state index in [1.807, 2.05) is 24.3 Å². The zero-order chi connectivity index (χ0) is 16.7. The minimum absolute atomic E-state index is 0.160. The normalized spacial score (nSPS) is 11.0. The van der Waals surface area contributed by atoms with Gasteiger partial charge < -0.3 is 4.74 Å². The largest absolute Gasteiger partial charge is 0.494 e. The predicted octanol–water partition coefficient (Wildman–Crippen LogP) is 3.06. The zero-order valence-corrected chi connectivity index (χ0v) is 14.1. The maximum atomic E-state index is 11.9. The van der Waals surface area contributed by atoms with Gasteiger partial charge in [-0.2, -0.15) is 14.9 Å². The van der Waals surface area contributed by atoms with Gasteiger partial charge >= 0.3 is 0 Å². The molecule has 0 atom stereocenters. The van der Waals surface area contributed by atoms with Gasteiger partial charge in [-0.05, 0) is 55.4 Å². The SMILES string of the molecule is CCCCCOc1ccc(/C=N\n2c(=S)[nH]nc(C)c2=O)cc1. The molecule has 0 saturated carbocycles. The Hall–Kier alpha value is -2.28. The highest BCUT2D eigenvalue weighted by Crippen LogP contribution is 2.12. The molecule has 1 aromatic heterocycles. The van der Waals surface area contributed by atoms with Crippen LogP contribution in [-0.2, 0) is 0 Å². The lowest BCUT2D eigenvalue weighted by molar-refractivity contribution is 0.306. The maximum absolute atomic E-state index is 11.9. The van der Waals surface area contributed by atoms with E-state index in [0.29, 0.717) is 5.69 Å². The average Bonchev–Trinajstić information content (AvgIpc) is 2.56. The van der Waals surface area contributed by atoms with Gasteiger partial charge in [-0.25, -0.2) is 0 Å². The Kier molecular flexibility index (Phi) is 6.22. The summed E-state index contributed by atoms with van der Waals surface area (Å²) in [5.41, 5.74) is 0.828. The van der Waals surface area contributed by atoms with Crippen LogP contribution in [0.15, 0.2) is 34.2 Å². The molecule has 1 N–H and O–H groups in total. The number of nitrogens with zero attached hydrogens (tertiary/aromatic N) is 3. The summed E-state index contributed by atoms with van der Waals surface area (Å²) in [6.07, 6.45) is 4.98. The summed E-state index contributed by atoms with van der Waals surface area (Å²) in [6, 6.07) is 7.53. The van der Waals surface area contributed by atoms with Gasteiger partial charge in [0.05, 0.1) is 12.8 Å². The summed E-state index contributed by atoms with van der Waals surface area (Å²) < 4.78 is 6.93. The van der Waals surface area contributed by atoms with Crippen LogP contribution in [0.5, 0.6) is 5.75 Å². The summed E-state index contributed by atoms with van der Waals surface area (Å²) in [7, 11) is 0. The first-order valence-corrected chi connectivity index (χ1v) is 7.98. The van der Waals surface area contributed by atoms with Crippen molar-refractivity contribution in [2.75, 3.05) is 6.61 Å². The average molecular weight is 332 g/mol. The van der Waals surface area contributed by atoms with E-state index in [9.17, 15) is 4.79 Å². The molecule has 0 saturated heterocycles. The van der Waals surface area contributed by atoms with Gasteiger partial charge in [0, 0.05) is 0 Å². The van der Waals surface area contributed by atoms with Crippen molar-refractivity contribution < 1.29 is 4.74 Å². The molecule has 6 nitrogen and oxygen atoms in total. The molecule has 0 bridgehead atoms. The Bertz CT molecular complexity index is 778. The highest BCUT2D eigenvalue weighted by molar-refractivity contribution is 7.71. The van der Waals surface area contributed by atoms with E-state index in [1.54, 1.807) is 13.1 Å². The molecule has 122 valence electrons. The quantitative estimate of drug-likeness (QED) is 0.480. The molecule has 0 aliphatic carbocycles. The molecule has 0 radical (unpaired) electrons. The number of unbranched alkanes of at least 4 members (excludes halogenated alkanes) is 2. The second-order valence-corrected chi connectivity index (χ2v) is 5.49. The lowest BCUT2D eigenvalue weighted by Crippen LogP contribution is -2.22. The summed E-state index contributed by atoms with van der Waals surface area (Å²) in [5, 5.41) is 10.5. The number of ether oxygens (including phenoxy) is 1. The fourth-order valence-electron chi connectivity index (χ4n) is 1.89. The fraction of sp³-hybridized carbons (Fsp3) is 0.375. The number of aryl methyl sites for hydroxylation is 1. The van der Waals surface area contributed by atoms with Crippen LogP contribution in [-0.4, -0.2) is 27.7 Å². The number of hydrogen-bond donors (Lipinski definition) is 1. The molecule has 0 unspecified atom stereocenters. The molecular formula is C16H20N4O2S. The number of aromatic amines is 1. The third kappa shape index (κ3) is 4.85. The maximum Gasteiger partial charge on any atom is 0.296 e. The topological polar surface area (TPSA) is 72.3 Å². The third-order valence-electron chi connectivity index (χ3n) is 3.23. The highest BCUT2D eigenvalue weighted by Gasteiger charge is 2.01. The molecule has 2 rings (SSSR count). The van der Waals surface area contributed by atoms with Crippen molar-refractivity contribution in [3.05, 3.63) is 50.6 Å². The number of H-pyrrole nitrogens is 1. The van der Waals surface area contributed by atoms with Gasteiger partial charge in [-0.1, -0.05) is 19.8 Å². The molecule has 0 spiro atoms. The molecule has 1 heterocycles. The Balaban J connectivity index is 2.05. The van der Waals surface area contributed by atoms with E-state index in [2.05, 4.69) is 22.2 Å². The van der Waals surface area contributed by atoms with Gasteiger partial charge in [-0.3, -0.25) is 9.89 Å². The third-order valence-corrected chi connectivity index (χ3v) is 3.50. The fourth-order valence-corrected chi connectivity index (χ4v) is 2.07. The van der Waals surface area contributed by atoms with Crippen molar-refractivity contribution in [2.45, 2.75) is 33.1 Å². The van der Waals surface area contributed by atoms with Crippen molar-refractivity contribution >= 4 is 18.4 Å². The predicted molar refractivity (Wildman–Crippen MR) is 92.9 cm³/mol. The van der Waals surface area contributed by atoms with E-state index < -0.39 is 0 Å². The number of aromatic nitrogens is 3. The molecule has 23 heavy (non-hydrogen) atoms. The second-order valence-electron chi connectivity index (χ2n) is 5.10. The van der Waals surface area contributed by atoms with Crippen LogP contribution in [0, 0.1) is 11.7 Å². The lowest BCUT2D eigenvalue weighted by atomic mass is 10.2. The van der Waals surface area contributed by atoms with Crippen LogP contribution in [0.4, 0.5) is 0 Å². The van der Waals surface area contributed by atoms with Crippen molar-refractivity contribution in [3.8, 4) is 5.75 Å². The van der Waals surface area contributed by atoms with E-state index in [1.165, 1.54) is 12.8 Å². The van der Waals surface area contributed by atoms with Crippen molar-refractivity contribution in [3.63, 3.8) is 0 Å². The number of rotatable bonds is 7. The Labute approximate surface area is 139 Å². The van der Waals surface area contributed by atoms with Crippen LogP contribution in [0.3, 0.4) is 0 Å². The van der Waals surface area contributed by atoms with E-state index >= 15 is 0 Å². The summed E-state index contributed by atoms with van der Waals surface area (Å²) in [5.74, 6) is 0.826. The van der Waals surface area contributed by atoms with E-state index in [-0.39, 0.29) is 10.3 Å². The van der Waals surface area contributed by atoms with E-state index in [4.69, 9.17) is 17.0 Å². The lowest BCUT2D eigenvalue weighted by Gasteiger charge is -2.05. The second kappa shape index (κ2) is 8.38. The van der Waals surface area contributed by atoms with Crippen LogP contribution in [0.25, 0.3) is 0 Å². The van der Waals surface area contributed by atoms with E-state index in [0.717, 1.165) is 29.0 Å². The van der Waals surface area contributed by atoms with Gasteiger partial charge in [0.15, 0.2) is 0 Å². The Morgan fingerprint density at radius 3 is 2.78 bits per heavy atom. The summed E-state index contributed by atoms with van der Waals surface area (Å²) in [4.78, 5) is 11.9. The van der Waals surface area contributed by atoms with Crippen molar-refractivity contribution in [2.24, 2.45) is 5.10 Å². The Morgan fingerprint density at radius 1 is 1.35 bits per heavy atom. The zero-order valence-electron chi connectivity index (χ0n) is 13.3. The minimum Gasteiger partial charge on any atom is -0.494 e. The van der Waals surface area contributed by atoms with Crippen LogP contribution in [0.2, 0.25) is 0 Å². The highest BCUT2D eigenvalue weighted by atomic mass is 32.1. The van der Waals surface area contributed by atoms with Gasteiger partial charge in [0.25, 0.3) is 5.56 Å². The standard InChI is InChI=1S/C16H20N4O2S/c1-3-4-5-10-22-14-8-6-13(7-9-14)11-17-20-15(21)12(2)18-19-16(20)23/h6-9,11H,3-5,10H2,1-2H3,(H,19,23)/b17-11-. The molecule has 1 aromatic carbocycles. The van der Waals surface area contributed by atoms with Gasteiger partial charge in [0.1, 0.15) is 11.4 Å². The van der Waals surface area contributed by atoms with Crippen molar-refractivity contribution in [1.82, 2.24) is 14.9 Å². The molecule has 0 aliphatic rings. The molecular weight excluding hydrogens is 312 g/mol. The van der Waals surface area contributed by atoms with Crippen LogP contribution < -0.4 is 10.3 Å². The Morgan fingerprint density at radius 2 is 2.09 bits per heavy atom. The monoisotopic (exact) mass is 332 g/mol. The molecule has 0 aliphatic heterocycles. The minimum atomic E-state index is -0.333. The van der Waals surface area contributed by atoms with Crippen molar-refractivity contribution in [1.29, 1.82) is 0 Å². The van der Waals surface area contributed by atoms with Gasteiger partial charge in [0.2, 0.25) is 4.77 Å². The van der Waals surface area contributed by atoms with Crippen LogP contribution >= 0.6 is 12.2 Å². The first kappa shape index (κ1) is 17.1. The molecule has 7 heteroatoms. The summed E-state index contributed by atoms with van der Waals surface area (Å²) in [6.45, 7) is 4.49. The number of benzene rings is 1. The molecule has 0 amide bonds. The molecule has 0 fully saturated rings. The van der Waals surface area contributed by atoms with Gasteiger partial charge in [-0.15, -0.1) is 0 Å². The first-order chi connectivity index (χ1) is 11.1. The smallest absolute Gasteiger partial charge is 0.296 e. The van der Waals surface area contributed by atoms with Crippen LogP contribution in [0.1, 0.15) is 37.4 Å². The molecule has 2 aromatic rings. The number of nitrogens with one attached hydrogen (secondary N) is 1. The number of hydrogen-bond acceptors (Lipinski definition) is 5. The first-order valence-electron chi connectivity index (χ1n) is 7.57. The summed E-state index contributed by atoms with van der Waals surface area (Å²) >= 11 is 5.02.